The summed E-state index contributed by atoms with van der Waals surface area (Å²) < 4.78 is 7.45. The molecule has 1 amide bonds. The average molecular weight is 348 g/mol. The molecule has 4 rings (SSSR count). The standard InChI is InChI=1S/C20H20N4O2/c1-14-6-9-21-19(12-14)24-18(7-10-22-24)23-20(25)13-17-16-5-3-2-4-15(16)8-11-26-17/h2-7,9-10,12,17H,8,11,13H2,1H3,(H,23,25)/t17-/m1/s1. The fraction of sp³-hybridized carbons (Fsp3) is 0.250. The molecule has 0 saturated carbocycles. The van der Waals surface area contributed by atoms with Gasteiger partial charge in [0.05, 0.1) is 25.3 Å². The van der Waals surface area contributed by atoms with Crippen molar-refractivity contribution >= 4 is 11.7 Å². The van der Waals surface area contributed by atoms with Gasteiger partial charge < -0.3 is 10.1 Å². The zero-order valence-electron chi connectivity index (χ0n) is 14.6. The number of hydrogen-bond acceptors (Lipinski definition) is 4. The third-order valence-electron chi connectivity index (χ3n) is 4.49. The molecule has 0 unspecified atom stereocenters. The van der Waals surface area contributed by atoms with Crippen LogP contribution >= 0.6 is 0 Å². The van der Waals surface area contributed by atoms with Crippen molar-refractivity contribution in [3.63, 3.8) is 0 Å². The lowest BCUT2D eigenvalue weighted by Gasteiger charge is -2.25. The summed E-state index contributed by atoms with van der Waals surface area (Å²) in [5.41, 5.74) is 3.43. The summed E-state index contributed by atoms with van der Waals surface area (Å²) in [6, 6.07) is 13.7. The number of aryl methyl sites for hydroxylation is 1. The Labute approximate surface area is 151 Å². The molecule has 0 fully saturated rings. The van der Waals surface area contributed by atoms with Crippen molar-refractivity contribution in [1.82, 2.24) is 14.8 Å². The number of amides is 1. The van der Waals surface area contributed by atoms with Gasteiger partial charge in [0.2, 0.25) is 5.91 Å². The van der Waals surface area contributed by atoms with E-state index in [1.807, 2.05) is 37.3 Å². The number of aromatic nitrogens is 3. The smallest absolute Gasteiger partial charge is 0.228 e. The normalized spacial score (nSPS) is 16.1. The molecule has 0 aliphatic carbocycles. The Balaban J connectivity index is 1.50. The third-order valence-corrected chi connectivity index (χ3v) is 4.49. The molecule has 1 atom stereocenters. The molecule has 1 aliphatic heterocycles. The minimum atomic E-state index is -0.214. The number of anilines is 1. The molecule has 2 aromatic heterocycles. The number of ether oxygens (including phenoxy) is 1. The summed E-state index contributed by atoms with van der Waals surface area (Å²) >= 11 is 0. The Kier molecular flexibility index (Phi) is 4.50. The van der Waals surface area contributed by atoms with Crippen LogP contribution in [0.2, 0.25) is 0 Å². The van der Waals surface area contributed by atoms with E-state index in [2.05, 4.69) is 21.5 Å². The largest absolute Gasteiger partial charge is 0.373 e. The SMILES string of the molecule is Cc1ccnc(-n2nccc2NC(=O)C[C@H]2OCCc3ccccc32)c1. The quantitative estimate of drug-likeness (QED) is 0.786. The summed E-state index contributed by atoms with van der Waals surface area (Å²) in [5.74, 6) is 1.16. The van der Waals surface area contributed by atoms with Crippen LogP contribution in [-0.4, -0.2) is 27.3 Å². The summed E-state index contributed by atoms with van der Waals surface area (Å²) in [5, 5.41) is 7.20. The molecule has 1 aliphatic rings. The topological polar surface area (TPSA) is 69.0 Å². The number of rotatable bonds is 4. The van der Waals surface area contributed by atoms with Crippen molar-refractivity contribution < 1.29 is 9.53 Å². The number of nitrogens with one attached hydrogen (secondary N) is 1. The highest BCUT2D eigenvalue weighted by atomic mass is 16.5. The van der Waals surface area contributed by atoms with Gasteiger partial charge in [-0.3, -0.25) is 4.79 Å². The van der Waals surface area contributed by atoms with E-state index < -0.39 is 0 Å². The fourth-order valence-corrected chi connectivity index (χ4v) is 3.22. The van der Waals surface area contributed by atoms with Gasteiger partial charge in [-0.1, -0.05) is 24.3 Å². The van der Waals surface area contributed by atoms with Gasteiger partial charge in [-0.2, -0.15) is 9.78 Å². The van der Waals surface area contributed by atoms with Crippen molar-refractivity contribution in [1.29, 1.82) is 0 Å². The Morgan fingerprint density at radius 2 is 2.15 bits per heavy atom. The average Bonchev–Trinajstić information content (AvgIpc) is 3.10. The van der Waals surface area contributed by atoms with Crippen LogP contribution in [0.25, 0.3) is 5.82 Å². The second-order valence-electron chi connectivity index (χ2n) is 6.38. The highest BCUT2D eigenvalue weighted by Gasteiger charge is 2.23. The van der Waals surface area contributed by atoms with Crippen LogP contribution in [0.3, 0.4) is 0 Å². The molecule has 1 N–H and O–H groups in total. The summed E-state index contributed by atoms with van der Waals surface area (Å²) in [4.78, 5) is 16.9. The van der Waals surface area contributed by atoms with Crippen molar-refractivity contribution in [3.8, 4) is 5.82 Å². The molecule has 26 heavy (non-hydrogen) atoms. The molecule has 132 valence electrons. The number of nitrogens with zero attached hydrogens (tertiary/aromatic N) is 3. The Bertz CT molecular complexity index is 935. The van der Waals surface area contributed by atoms with E-state index in [4.69, 9.17) is 4.74 Å². The van der Waals surface area contributed by atoms with Gasteiger partial charge in [-0.25, -0.2) is 4.98 Å². The lowest BCUT2D eigenvalue weighted by molar-refractivity contribution is -0.119. The zero-order chi connectivity index (χ0) is 17.9. The molecule has 3 aromatic rings. The van der Waals surface area contributed by atoms with Gasteiger partial charge in [-0.05, 0) is 42.2 Å². The van der Waals surface area contributed by atoms with Crippen LogP contribution in [0.1, 0.15) is 29.2 Å². The maximum Gasteiger partial charge on any atom is 0.228 e. The van der Waals surface area contributed by atoms with E-state index in [0.717, 1.165) is 17.5 Å². The highest BCUT2D eigenvalue weighted by Crippen LogP contribution is 2.29. The number of fused-ring (bicyclic) bond motifs is 1. The lowest BCUT2D eigenvalue weighted by Crippen LogP contribution is -2.23. The molecule has 3 heterocycles. The Morgan fingerprint density at radius 3 is 3.04 bits per heavy atom. The van der Waals surface area contributed by atoms with Crippen molar-refractivity contribution in [2.75, 3.05) is 11.9 Å². The van der Waals surface area contributed by atoms with Gasteiger partial charge in [0.15, 0.2) is 5.82 Å². The Hall–Kier alpha value is -2.99. The Morgan fingerprint density at radius 1 is 1.27 bits per heavy atom. The first-order valence-electron chi connectivity index (χ1n) is 8.67. The monoisotopic (exact) mass is 348 g/mol. The molecule has 6 nitrogen and oxygen atoms in total. The molecule has 0 bridgehead atoms. The van der Waals surface area contributed by atoms with Gasteiger partial charge in [-0.15, -0.1) is 0 Å². The van der Waals surface area contributed by atoms with Crippen LogP contribution in [-0.2, 0) is 16.0 Å². The number of pyridine rings is 1. The molecule has 1 aromatic carbocycles. The first-order chi connectivity index (χ1) is 12.7. The number of carbonyl (C=O) groups is 1. The van der Waals surface area contributed by atoms with Crippen molar-refractivity contribution in [2.24, 2.45) is 0 Å². The molecule has 0 spiro atoms. The molecular formula is C20H20N4O2. The van der Waals surface area contributed by atoms with E-state index in [1.54, 1.807) is 23.1 Å². The number of hydrogen-bond donors (Lipinski definition) is 1. The zero-order valence-corrected chi connectivity index (χ0v) is 14.6. The van der Waals surface area contributed by atoms with Crippen molar-refractivity contribution in [2.45, 2.75) is 25.9 Å². The first-order valence-corrected chi connectivity index (χ1v) is 8.67. The minimum Gasteiger partial charge on any atom is -0.373 e. The van der Waals surface area contributed by atoms with E-state index >= 15 is 0 Å². The maximum atomic E-state index is 12.6. The lowest BCUT2D eigenvalue weighted by atomic mass is 9.96. The number of carbonyl (C=O) groups excluding carboxylic acids is 1. The van der Waals surface area contributed by atoms with Crippen LogP contribution in [0, 0.1) is 6.92 Å². The predicted molar refractivity (Wildman–Crippen MR) is 98.2 cm³/mol. The first kappa shape index (κ1) is 16.5. The van der Waals surface area contributed by atoms with Gasteiger partial charge in [0.1, 0.15) is 5.82 Å². The molecule has 0 radical (unpaired) electrons. The highest BCUT2D eigenvalue weighted by molar-refractivity contribution is 5.90. The summed E-state index contributed by atoms with van der Waals surface area (Å²) in [7, 11) is 0. The van der Waals surface area contributed by atoms with E-state index in [1.165, 1.54) is 5.56 Å². The maximum absolute atomic E-state index is 12.6. The van der Waals surface area contributed by atoms with E-state index in [-0.39, 0.29) is 18.4 Å². The van der Waals surface area contributed by atoms with Crippen LogP contribution < -0.4 is 5.32 Å². The third kappa shape index (κ3) is 3.36. The summed E-state index contributed by atoms with van der Waals surface area (Å²) in [6.45, 7) is 2.63. The van der Waals surface area contributed by atoms with Crippen LogP contribution in [0.4, 0.5) is 5.82 Å². The van der Waals surface area contributed by atoms with Gasteiger partial charge in [0.25, 0.3) is 0 Å². The molecule has 6 heteroatoms. The fourth-order valence-electron chi connectivity index (χ4n) is 3.22. The van der Waals surface area contributed by atoms with Crippen molar-refractivity contribution in [3.05, 3.63) is 71.5 Å². The summed E-state index contributed by atoms with van der Waals surface area (Å²) in [6.07, 6.45) is 4.31. The van der Waals surface area contributed by atoms with Gasteiger partial charge >= 0.3 is 0 Å². The minimum absolute atomic E-state index is 0.110. The van der Waals surface area contributed by atoms with Gasteiger partial charge in [0, 0.05) is 12.3 Å². The van der Waals surface area contributed by atoms with E-state index in [0.29, 0.717) is 18.2 Å². The second-order valence-corrected chi connectivity index (χ2v) is 6.38. The molecular weight excluding hydrogens is 328 g/mol. The molecule has 0 saturated heterocycles. The van der Waals surface area contributed by atoms with E-state index in [9.17, 15) is 4.79 Å². The second kappa shape index (κ2) is 7.09. The van der Waals surface area contributed by atoms with Crippen LogP contribution in [0.5, 0.6) is 0 Å². The van der Waals surface area contributed by atoms with Crippen LogP contribution in [0.15, 0.2) is 54.9 Å². The number of benzene rings is 1. The predicted octanol–water partition coefficient (Wildman–Crippen LogP) is 3.22.